The van der Waals surface area contributed by atoms with Gasteiger partial charge in [0.15, 0.2) is 6.10 Å². The van der Waals surface area contributed by atoms with Crippen LogP contribution in [0, 0.1) is 5.41 Å². The second-order valence-electron chi connectivity index (χ2n) is 5.16. The summed E-state index contributed by atoms with van der Waals surface area (Å²) in [5.74, 6) is 0. The molecule has 1 N–H and O–H groups in total. The van der Waals surface area contributed by atoms with Gasteiger partial charge in [0.1, 0.15) is 0 Å². The lowest BCUT2D eigenvalue weighted by molar-refractivity contribution is -0.239. The van der Waals surface area contributed by atoms with Gasteiger partial charge in [-0.1, -0.05) is 52.9 Å². The molecule has 0 aliphatic rings. The van der Waals surface area contributed by atoms with Crippen LogP contribution in [0.3, 0.4) is 0 Å². The molecule has 0 radical (unpaired) electrons. The summed E-state index contributed by atoms with van der Waals surface area (Å²) in [7, 11) is 0. The van der Waals surface area contributed by atoms with E-state index in [1.165, 1.54) is 0 Å². The number of rotatable bonds is 8. The first-order chi connectivity index (χ1) is 7.78. The molecule has 0 heterocycles. The molecule has 0 saturated heterocycles. The highest BCUT2D eigenvalue weighted by molar-refractivity contribution is 4.86. The van der Waals surface area contributed by atoms with Crippen molar-refractivity contribution in [1.82, 2.24) is 0 Å². The monoisotopic (exact) mass is 254 g/mol. The number of unbranched alkanes of at least 4 members (excludes halogenated alkanes) is 3. The SMILES string of the molecule is CCCCCC(C)(CCCC)C(O)C(F)(F)F. The molecule has 104 valence electrons. The fourth-order valence-corrected chi connectivity index (χ4v) is 2.15. The zero-order valence-electron chi connectivity index (χ0n) is 11.1. The van der Waals surface area contributed by atoms with Gasteiger partial charge in [-0.15, -0.1) is 0 Å². The fraction of sp³-hybridized carbons (Fsp3) is 1.00. The Hall–Kier alpha value is -0.250. The summed E-state index contributed by atoms with van der Waals surface area (Å²) >= 11 is 0. The van der Waals surface area contributed by atoms with E-state index in [2.05, 4.69) is 0 Å². The van der Waals surface area contributed by atoms with Crippen LogP contribution in [-0.2, 0) is 0 Å². The molecule has 0 fully saturated rings. The maximum Gasteiger partial charge on any atom is 0.414 e. The van der Waals surface area contributed by atoms with Gasteiger partial charge in [0, 0.05) is 5.41 Å². The highest BCUT2D eigenvalue weighted by Crippen LogP contribution is 2.41. The molecular weight excluding hydrogens is 229 g/mol. The van der Waals surface area contributed by atoms with E-state index >= 15 is 0 Å². The highest BCUT2D eigenvalue weighted by Gasteiger charge is 2.49. The van der Waals surface area contributed by atoms with Crippen molar-refractivity contribution in [3.05, 3.63) is 0 Å². The quantitative estimate of drug-likeness (QED) is 0.623. The number of alkyl halides is 3. The van der Waals surface area contributed by atoms with Crippen LogP contribution in [0.2, 0.25) is 0 Å². The number of halogens is 3. The van der Waals surface area contributed by atoms with Crippen molar-refractivity contribution in [2.75, 3.05) is 0 Å². The Morgan fingerprint density at radius 3 is 1.82 bits per heavy atom. The molecule has 0 amide bonds. The summed E-state index contributed by atoms with van der Waals surface area (Å²) in [6.07, 6.45) is -1.57. The minimum Gasteiger partial charge on any atom is -0.383 e. The molecular formula is C13H25F3O. The van der Waals surface area contributed by atoms with Crippen LogP contribution in [-0.4, -0.2) is 17.4 Å². The van der Waals surface area contributed by atoms with E-state index in [4.69, 9.17) is 0 Å². The minimum absolute atomic E-state index is 0.438. The van der Waals surface area contributed by atoms with Crippen LogP contribution in [0.5, 0.6) is 0 Å². The van der Waals surface area contributed by atoms with Crippen molar-refractivity contribution in [3.8, 4) is 0 Å². The van der Waals surface area contributed by atoms with E-state index in [0.717, 1.165) is 32.1 Å². The third kappa shape index (κ3) is 5.75. The molecule has 0 aromatic carbocycles. The Morgan fingerprint density at radius 1 is 0.941 bits per heavy atom. The molecule has 0 rings (SSSR count). The Kier molecular flexibility index (Phi) is 7.14. The summed E-state index contributed by atoms with van der Waals surface area (Å²) in [5, 5.41) is 9.51. The Bertz CT molecular complexity index is 203. The first-order valence-corrected chi connectivity index (χ1v) is 6.52. The van der Waals surface area contributed by atoms with Gasteiger partial charge >= 0.3 is 6.18 Å². The van der Waals surface area contributed by atoms with E-state index in [-0.39, 0.29) is 0 Å². The first kappa shape index (κ1) is 16.8. The van der Waals surface area contributed by atoms with E-state index < -0.39 is 17.7 Å². The summed E-state index contributed by atoms with van der Waals surface area (Å²) in [6.45, 7) is 5.53. The van der Waals surface area contributed by atoms with E-state index in [9.17, 15) is 18.3 Å². The molecule has 0 aromatic heterocycles. The van der Waals surface area contributed by atoms with Crippen molar-refractivity contribution in [2.24, 2.45) is 5.41 Å². The molecule has 17 heavy (non-hydrogen) atoms. The predicted octanol–water partition coefficient (Wildman–Crippen LogP) is 4.69. The van der Waals surface area contributed by atoms with Crippen LogP contribution in [0.25, 0.3) is 0 Å². The van der Waals surface area contributed by atoms with Crippen LogP contribution in [0.1, 0.15) is 65.7 Å². The Balaban J connectivity index is 4.58. The normalized spacial score (nSPS) is 17.8. The van der Waals surface area contributed by atoms with Gasteiger partial charge in [-0.05, 0) is 12.8 Å². The topological polar surface area (TPSA) is 20.2 Å². The predicted molar refractivity (Wildman–Crippen MR) is 63.8 cm³/mol. The molecule has 0 aromatic rings. The van der Waals surface area contributed by atoms with Crippen molar-refractivity contribution in [3.63, 3.8) is 0 Å². The molecule has 0 bridgehead atoms. The molecule has 0 aliphatic heterocycles. The maximum absolute atomic E-state index is 12.6. The molecule has 0 spiro atoms. The third-order valence-electron chi connectivity index (χ3n) is 3.42. The highest BCUT2D eigenvalue weighted by atomic mass is 19.4. The van der Waals surface area contributed by atoms with Crippen molar-refractivity contribution < 1.29 is 18.3 Å². The Labute approximate surface area is 102 Å². The molecule has 1 nitrogen and oxygen atoms in total. The number of aliphatic hydroxyl groups excluding tert-OH is 1. The van der Waals surface area contributed by atoms with Crippen LogP contribution in [0.15, 0.2) is 0 Å². The smallest absolute Gasteiger partial charge is 0.383 e. The minimum atomic E-state index is -4.51. The van der Waals surface area contributed by atoms with E-state index in [1.54, 1.807) is 6.92 Å². The number of aliphatic hydroxyl groups is 1. The summed E-state index contributed by atoms with van der Waals surface area (Å²) < 4.78 is 37.9. The third-order valence-corrected chi connectivity index (χ3v) is 3.42. The number of hydrogen-bond acceptors (Lipinski definition) is 1. The largest absolute Gasteiger partial charge is 0.414 e. The lowest BCUT2D eigenvalue weighted by atomic mass is 9.75. The number of hydrogen-bond donors (Lipinski definition) is 1. The molecule has 2 unspecified atom stereocenters. The van der Waals surface area contributed by atoms with E-state index in [1.807, 2.05) is 13.8 Å². The molecule has 0 aliphatic carbocycles. The zero-order chi connectivity index (χ0) is 13.5. The zero-order valence-corrected chi connectivity index (χ0v) is 11.1. The average Bonchev–Trinajstić information content (AvgIpc) is 2.24. The van der Waals surface area contributed by atoms with Crippen LogP contribution >= 0.6 is 0 Å². The molecule has 0 saturated carbocycles. The maximum atomic E-state index is 12.6. The first-order valence-electron chi connectivity index (χ1n) is 6.52. The van der Waals surface area contributed by atoms with Crippen molar-refractivity contribution in [2.45, 2.75) is 78.0 Å². The van der Waals surface area contributed by atoms with Crippen molar-refractivity contribution >= 4 is 0 Å². The summed E-state index contributed by atoms with van der Waals surface area (Å²) in [5.41, 5.74) is -1.02. The summed E-state index contributed by atoms with van der Waals surface area (Å²) in [6, 6.07) is 0. The lowest BCUT2D eigenvalue weighted by Gasteiger charge is -2.35. The van der Waals surface area contributed by atoms with Gasteiger partial charge < -0.3 is 5.11 Å². The standard InChI is InChI=1S/C13H25F3O/c1-4-6-8-10-12(3,9-7-5-2)11(17)13(14,15)16/h11,17H,4-10H2,1-3H3. The average molecular weight is 254 g/mol. The molecule has 4 heteroatoms. The van der Waals surface area contributed by atoms with Crippen molar-refractivity contribution in [1.29, 1.82) is 0 Å². The van der Waals surface area contributed by atoms with Crippen LogP contribution in [0.4, 0.5) is 13.2 Å². The van der Waals surface area contributed by atoms with E-state index in [0.29, 0.717) is 12.8 Å². The second-order valence-corrected chi connectivity index (χ2v) is 5.16. The van der Waals surface area contributed by atoms with Gasteiger partial charge in [0.25, 0.3) is 0 Å². The summed E-state index contributed by atoms with van der Waals surface area (Å²) in [4.78, 5) is 0. The fourth-order valence-electron chi connectivity index (χ4n) is 2.15. The van der Waals surface area contributed by atoms with Gasteiger partial charge in [0.2, 0.25) is 0 Å². The second kappa shape index (κ2) is 7.24. The lowest BCUT2D eigenvalue weighted by Crippen LogP contribution is -2.43. The van der Waals surface area contributed by atoms with Gasteiger partial charge in [-0.3, -0.25) is 0 Å². The van der Waals surface area contributed by atoms with Gasteiger partial charge in [0.05, 0.1) is 0 Å². The Morgan fingerprint density at radius 2 is 1.41 bits per heavy atom. The molecule has 2 atom stereocenters. The van der Waals surface area contributed by atoms with Crippen LogP contribution < -0.4 is 0 Å². The van der Waals surface area contributed by atoms with Gasteiger partial charge in [-0.2, -0.15) is 13.2 Å². The van der Waals surface area contributed by atoms with Gasteiger partial charge in [-0.25, -0.2) is 0 Å².